The first-order chi connectivity index (χ1) is 15.6. The lowest BCUT2D eigenvalue weighted by Gasteiger charge is -2.20. The van der Waals surface area contributed by atoms with Crippen LogP contribution in [0, 0.1) is 0 Å². The summed E-state index contributed by atoms with van der Waals surface area (Å²) in [6.45, 7) is 0. The van der Waals surface area contributed by atoms with E-state index in [0.29, 0.717) is 17.0 Å². The zero-order valence-corrected chi connectivity index (χ0v) is 18.5. The average Bonchev–Trinajstić information content (AvgIpc) is 3.41. The number of halogens is 1. The maximum absolute atomic E-state index is 13.4. The van der Waals surface area contributed by atoms with Crippen LogP contribution in [0.25, 0.3) is 23.1 Å². The van der Waals surface area contributed by atoms with Gasteiger partial charge in [0, 0.05) is 21.3 Å². The second-order valence-electron chi connectivity index (χ2n) is 7.36. The molecule has 0 unspecified atom stereocenters. The Morgan fingerprint density at radius 1 is 0.812 bits per heavy atom. The van der Waals surface area contributed by atoms with Gasteiger partial charge in [-0.15, -0.1) is 0 Å². The number of amides is 1. The van der Waals surface area contributed by atoms with E-state index < -0.39 is 0 Å². The van der Waals surface area contributed by atoms with Gasteiger partial charge in [0.25, 0.3) is 5.91 Å². The number of hydrogen-bond donors (Lipinski definition) is 1. The highest BCUT2D eigenvalue weighted by Crippen LogP contribution is 2.36. The molecule has 156 valence electrons. The van der Waals surface area contributed by atoms with Gasteiger partial charge >= 0.3 is 0 Å². The summed E-state index contributed by atoms with van der Waals surface area (Å²) < 4.78 is 6.99. The van der Waals surface area contributed by atoms with Gasteiger partial charge in [0.05, 0.1) is 5.70 Å². The summed E-state index contributed by atoms with van der Waals surface area (Å²) in [6.07, 6.45) is 3.63. The second-order valence-corrected chi connectivity index (χ2v) is 8.28. The van der Waals surface area contributed by atoms with Gasteiger partial charge in [-0.25, -0.2) is 0 Å². The molecule has 4 nitrogen and oxygen atoms in total. The van der Waals surface area contributed by atoms with Gasteiger partial charge in [-0.05, 0) is 66.2 Å². The third-order valence-corrected chi connectivity index (χ3v) is 5.74. The van der Waals surface area contributed by atoms with Crippen LogP contribution in [0.3, 0.4) is 0 Å². The first-order valence-corrected chi connectivity index (χ1v) is 10.9. The van der Waals surface area contributed by atoms with Crippen molar-refractivity contribution >= 4 is 39.3 Å². The van der Waals surface area contributed by atoms with Gasteiger partial charge in [-0.3, -0.25) is 9.69 Å². The highest BCUT2D eigenvalue weighted by atomic mass is 79.9. The van der Waals surface area contributed by atoms with E-state index in [2.05, 4.69) is 15.9 Å². The first-order valence-electron chi connectivity index (χ1n) is 10.1. The van der Waals surface area contributed by atoms with Crippen molar-refractivity contribution in [2.45, 2.75) is 0 Å². The Kier molecular flexibility index (Phi) is 5.25. The average molecular weight is 484 g/mol. The Bertz CT molecular complexity index is 1330. The molecule has 0 atom stereocenters. The van der Waals surface area contributed by atoms with Crippen molar-refractivity contribution in [1.29, 1.82) is 0 Å². The van der Waals surface area contributed by atoms with Gasteiger partial charge in [0.1, 0.15) is 17.3 Å². The number of nitrogens with zero attached hydrogens (tertiary/aromatic N) is 1. The SMILES string of the molecule is O=C1/C(=C/c2ccc(-c3ccc(Br)cc3)o2)C=C(c2ccccc2)N1c1ccc(O)cc1. The number of hydrogen-bond acceptors (Lipinski definition) is 3. The molecule has 0 saturated carbocycles. The van der Waals surface area contributed by atoms with Gasteiger partial charge < -0.3 is 9.52 Å². The van der Waals surface area contributed by atoms with E-state index in [1.54, 1.807) is 35.2 Å². The van der Waals surface area contributed by atoms with E-state index in [1.807, 2.05) is 72.8 Å². The van der Waals surface area contributed by atoms with Crippen LogP contribution >= 0.6 is 15.9 Å². The number of carbonyl (C=O) groups is 1. The van der Waals surface area contributed by atoms with Crippen LogP contribution in [0.2, 0.25) is 0 Å². The van der Waals surface area contributed by atoms with Gasteiger partial charge in [-0.2, -0.15) is 0 Å². The van der Waals surface area contributed by atoms with Crippen molar-refractivity contribution in [2.75, 3.05) is 4.90 Å². The van der Waals surface area contributed by atoms with Gasteiger partial charge in [0.2, 0.25) is 0 Å². The van der Waals surface area contributed by atoms with E-state index in [0.717, 1.165) is 27.1 Å². The summed E-state index contributed by atoms with van der Waals surface area (Å²) in [5, 5.41) is 9.66. The minimum absolute atomic E-state index is 0.150. The summed E-state index contributed by atoms with van der Waals surface area (Å²) in [7, 11) is 0. The largest absolute Gasteiger partial charge is 0.508 e. The van der Waals surface area contributed by atoms with Crippen LogP contribution in [0.1, 0.15) is 11.3 Å². The number of phenols is 1. The molecule has 5 heteroatoms. The zero-order valence-electron chi connectivity index (χ0n) is 16.9. The molecule has 0 fully saturated rings. The summed E-state index contributed by atoms with van der Waals surface area (Å²) in [4.78, 5) is 15.0. The molecule has 0 radical (unpaired) electrons. The maximum Gasteiger partial charge on any atom is 0.263 e. The molecular weight excluding hydrogens is 466 g/mol. The lowest BCUT2D eigenvalue weighted by molar-refractivity contribution is -0.113. The third kappa shape index (κ3) is 3.90. The van der Waals surface area contributed by atoms with Crippen LogP contribution in [0.5, 0.6) is 5.75 Å². The summed E-state index contributed by atoms with van der Waals surface area (Å²) >= 11 is 3.44. The van der Waals surface area contributed by atoms with E-state index >= 15 is 0 Å². The van der Waals surface area contributed by atoms with E-state index in [1.165, 1.54) is 0 Å². The van der Waals surface area contributed by atoms with E-state index in [-0.39, 0.29) is 11.7 Å². The number of anilines is 1. The summed E-state index contributed by atoms with van der Waals surface area (Å²) in [6, 6.07) is 28.0. The number of carbonyl (C=O) groups excluding carboxylic acids is 1. The monoisotopic (exact) mass is 483 g/mol. The van der Waals surface area contributed by atoms with Gasteiger partial charge in [-0.1, -0.05) is 58.4 Å². The lowest BCUT2D eigenvalue weighted by Crippen LogP contribution is -2.24. The van der Waals surface area contributed by atoms with Gasteiger partial charge in [0.15, 0.2) is 0 Å². The van der Waals surface area contributed by atoms with Crippen LogP contribution < -0.4 is 4.90 Å². The van der Waals surface area contributed by atoms with Crippen molar-refractivity contribution < 1.29 is 14.3 Å². The fourth-order valence-corrected chi connectivity index (χ4v) is 3.91. The molecule has 0 bridgehead atoms. The number of benzene rings is 3. The van der Waals surface area contributed by atoms with Crippen LogP contribution in [0.15, 0.2) is 112 Å². The molecule has 0 aliphatic carbocycles. The minimum Gasteiger partial charge on any atom is -0.508 e. The Morgan fingerprint density at radius 2 is 1.53 bits per heavy atom. The molecule has 1 N–H and O–H groups in total. The molecule has 5 rings (SSSR count). The standard InChI is InChI=1S/C27H18BrNO3/c28-21-8-6-19(7-9-21)26-15-14-24(32-26)16-20-17-25(18-4-2-1-3-5-18)29(27(20)31)22-10-12-23(30)13-11-22/h1-17,30H/b20-16+. The molecule has 1 aliphatic rings. The first kappa shape index (κ1) is 20.1. The normalized spacial score (nSPS) is 14.8. The quantitative estimate of drug-likeness (QED) is 0.321. The fraction of sp³-hybridized carbons (Fsp3) is 0. The molecular formula is C27H18BrNO3. The van der Waals surface area contributed by atoms with Crippen molar-refractivity contribution in [1.82, 2.24) is 0 Å². The highest BCUT2D eigenvalue weighted by Gasteiger charge is 2.30. The van der Waals surface area contributed by atoms with Crippen molar-refractivity contribution in [3.8, 4) is 17.1 Å². The molecule has 0 saturated heterocycles. The van der Waals surface area contributed by atoms with E-state index in [4.69, 9.17) is 4.42 Å². The lowest BCUT2D eigenvalue weighted by atomic mass is 10.1. The van der Waals surface area contributed by atoms with Crippen LogP contribution in [-0.2, 0) is 4.79 Å². The number of rotatable bonds is 4. The summed E-state index contributed by atoms with van der Waals surface area (Å²) in [5.41, 5.74) is 3.86. The zero-order chi connectivity index (χ0) is 22.1. The predicted octanol–water partition coefficient (Wildman–Crippen LogP) is 6.89. The highest BCUT2D eigenvalue weighted by molar-refractivity contribution is 9.10. The topological polar surface area (TPSA) is 53.7 Å². The molecule has 32 heavy (non-hydrogen) atoms. The molecule has 4 aromatic rings. The Morgan fingerprint density at radius 3 is 2.25 bits per heavy atom. The number of phenolic OH excluding ortho intramolecular Hbond substituents is 1. The van der Waals surface area contributed by atoms with E-state index in [9.17, 15) is 9.90 Å². The number of furan rings is 1. The molecule has 1 amide bonds. The Balaban J connectivity index is 1.53. The fourth-order valence-electron chi connectivity index (χ4n) is 3.65. The molecule has 1 aliphatic heterocycles. The van der Waals surface area contributed by atoms with Crippen molar-refractivity contribution in [3.05, 3.63) is 118 Å². The molecule has 3 aromatic carbocycles. The summed E-state index contributed by atoms with van der Waals surface area (Å²) in [5.74, 6) is 1.33. The maximum atomic E-state index is 13.4. The predicted molar refractivity (Wildman–Crippen MR) is 130 cm³/mol. The van der Waals surface area contributed by atoms with Crippen LogP contribution in [0.4, 0.5) is 5.69 Å². The number of aromatic hydroxyl groups is 1. The Hall–Kier alpha value is -3.83. The minimum atomic E-state index is -0.156. The van der Waals surface area contributed by atoms with Crippen molar-refractivity contribution in [2.24, 2.45) is 0 Å². The smallest absolute Gasteiger partial charge is 0.263 e. The molecule has 2 heterocycles. The molecule has 0 spiro atoms. The molecule has 1 aromatic heterocycles. The Labute approximate surface area is 193 Å². The van der Waals surface area contributed by atoms with Crippen LogP contribution in [-0.4, -0.2) is 11.0 Å². The second kappa shape index (κ2) is 8.36. The third-order valence-electron chi connectivity index (χ3n) is 5.21. The van der Waals surface area contributed by atoms with Crippen molar-refractivity contribution in [3.63, 3.8) is 0 Å².